The van der Waals surface area contributed by atoms with Crippen molar-refractivity contribution < 1.29 is 4.52 Å². The van der Waals surface area contributed by atoms with Gasteiger partial charge in [0.15, 0.2) is 11.8 Å². The van der Waals surface area contributed by atoms with Gasteiger partial charge in [-0.1, -0.05) is 30.8 Å². The first-order valence-corrected chi connectivity index (χ1v) is 10.0. The fourth-order valence-electron chi connectivity index (χ4n) is 4.40. The van der Waals surface area contributed by atoms with Gasteiger partial charge in [-0.15, -0.1) is 24.0 Å². The van der Waals surface area contributed by atoms with Crippen molar-refractivity contribution in [3.8, 4) is 0 Å². The van der Waals surface area contributed by atoms with Gasteiger partial charge in [-0.25, -0.2) is 0 Å². The highest BCUT2D eigenvalue weighted by molar-refractivity contribution is 14.0. The predicted molar refractivity (Wildman–Crippen MR) is 115 cm³/mol. The molecule has 7 heteroatoms. The van der Waals surface area contributed by atoms with Gasteiger partial charge in [-0.2, -0.15) is 4.98 Å². The Balaban J connectivity index is 0.00000243. The van der Waals surface area contributed by atoms with Crippen LogP contribution in [0.4, 0.5) is 0 Å². The number of hydrogen-bond donors (Lipinski definition) is 1. The van der Waals surface area contributed by atoms with E-state index in [0.717, 1.165) is 19.0 Å². The second kappa shape index (κ2) is 10.5. The van der Waals surface area contributed by atoms with E-state index in [1.54, 1.807) is 0 Å². The van der Waals surface area contributed by atoms with Crippen molar-refractivity contribution in [1.29, 1.82) is 0 Å². The first-order chi connectivity index (χ1) is 12.2. The average molecular weight is 475 g/mol. The Hall–Kier alpha value is -0.860. The molecule has 0 amide bonds. The molecule has 1 aromatic heterocycles. The zero-order valence-corrected chi connectivity index (χ0v) is 18.6. The molecule has 0 bridgehead atoms. The van der Waals surface area contributed by atoms with Gasteiger partial charge in [0.2, 0.25) is 5.89 Å². The summed E-state index contributed by atoms with van der Waals surface area (Å²) in [5.74, 6) is 2.43. The van der Waals surface area contributed by atoms with E-state index in [1.807, 2.05) is 6.92 Å². The number of hydrogen-bond acceptors (Lipinski definition) is 4. The van der Waals surface area contributed by atoms with Crippen LogP contribution in [0, 0.1) is 12.3 Å². The molecular formula is C19H34IN5O. The molecule has 3 rings (SSSR count). The van der Waals surface area contributed by atoms with Gasteiger partial charge in [-0.05, 0) is 44.9 Å². The summed E-state index contributed by atoms with van der Waals surface area (Å²) in [7, 11) is 0. The molecule has 148 valence electrons. The molecule has 2 aliphatic rings. The fourth-order valence-corrected chi connectivity index (χ4v) is 4.40. The van der Waals surface area contributed by atoms with Crippen molar-refractivity contribution in [3.05, 3.63) is 11.7 Å². The van der Waals surface area contributed by atoms with Gasteiger partial charge in [-0.3, -0.25) is 4.99 Å². The zero-order valence-electron chi connectivity index (χ0n) is 16.3. The predicted octanol–water partition coefficient (Wildman–Crippen LogP) is 3.94. The molecule has 1 saturated carbocycles. The van der Waals surface area contributed by atoms with Gasteiger partial charge >= 0.3 is 0 Å². The number of piperidine rings is 1. The summed E-state index contributed by atoms with van der Waals surface area (Å²) >= 11 is 0. The molecule has 1 aliphatic heterocycles. The van der Waals surface area contributed by atoms with Crippen LogP contribution in [0.15, 0.2) is 9.52 Å². The van der Waals surface area contributed by atoms with Crippen molar-refractivity contribution in [1.82, 2.24) is 20.4 Å². The lowest BCUT2D eigenvalue weighted by molar-refractivity contribution is 0.115. The average Bonchev–Trinajstić information content (AvgIpc) is 2.90. The van der Waals surface area contributed by atoms with Gasteiger partial charge < -0.3 is 14.7 Å². The number of likely N-dealkylation sites (tertiary alicyclic amines) is 1. The minimum Gasteiger partial charge on any atom is -0.357 e. The molecule has 1 saturated heterocycles. The molecule has 26 heavy (non-hydrogen) atoms. The summed E-state index contributed by atoms with van der Waals surface area (Å²) in [6.07, 6.45) is 11.8. The number of guanidine groups is 1. The molecule has 0 atom stereocenters. The Labute approximate surface area is 174 Å². The van der Waals surface area contributed by atoms with Crippen LogP contribution in [-0.2, 0) is 6.42 Å². The summed E-state index contributed by atoms with van der Waals surface area (Å²) in [4.78, 5) is 11.6. The number of rotatable bonds is 4. The molecule has 0 unspecified atom stereocenters. The minimum absolute atomic E-state index is 0. The summed E-state index contributed by atoms with van der Waals surface area (Å²) in [6, 6.07) is 0. The lowest BCUT2D eigenvalue weighted by Crippen LogP contribution is -2.50. The van der Waals surface area contributed by atoms with Gasteiger partial charge in [0.25, 0.3) is 0 Å². The van der Waals surface area contributed by atoms with Crippen LogP contribution in [0.3, 0.4) is 0 Å². The van der Waals surface area contributed by atoms with Crippen molar-refractivity contribution in [2.75, 3.05) is 26.2 Å². The third-order valence-electron chi connectivity index (χ3n) is 5.62. The third kappa shape index (κ3) is 5.82. The molecule has 1 aliphatic carbocycles. The van der Waals surface area contributed by atoms with E-state index in [-0.39, 0.29) is 24.0 Å². The van der Waals surface area contributed by atoms with Gasteiger partial charge in [0, 0.05) is 26.1 Å². The maximum absolute atomic E-state index is 5.19. The van der Waals surface area contributed by atoms with Crippen LogP contribution >= 0.6 is 24.0 Å². The van der Waals surface area contributed by atoms with Gasteiger partial charge in [0.05, 0.1) is 6.54 Å². The molecule has 2 heterocycles. The molecule has 1 spiro atoms. The topological polar surface area (TPSA) is 66.5 Å². The molecule has 6 nitrogen and oxygen atoms in total. The fraction of sp³-hybridized carbons (Fsp3) is 0.842. The SMILES string of the molecule is CCNC(=NCCc1nc(C)no1)N1CCCC2(CCCCCC2)C1.I. The van der Waals surface area contributed by atoms with E-state index < -0.39 is 0 Å². The van der Waals surface area contributed by atoms with Crippen molar-refractivity contribution in [3.63, 3.8) is 0 Å². The summed E-state index contributed by atoms with van der Waals surface area (Å²) in [6.45, 7) is 7.86. The normalized spacial score (nSPS) is 20.5. The summed E-state index contributed by atoms with van der Waals surface area (Å²) < 4.78 is 5.19. The Morgan fingerprint density at radius 3 is 2.58 bits per heavy atom. The first-order valence-electron chi connectivity index (χ1n) is 10.0. The Kier molecular flexibility index (Phi) is 8.63. The lowest BCUT2D eigenvalue weighted by Gasteiger charge is -2.44. The molecule has 0 aromatic carbocycles. The lowest BCUT2D eigenvalue weighted by atomic mass is 9.74. The van der Waals surface area contributed by atoms with Crippen LogP contribution in [0.5, 0.6) is 0 Å². The highest BCUT2D eigenvalue weighted by Gasteiger charge is 2.36. The van der Waals surface area contributed by atoms with E-state index >= 15 is 0 Å². The largest absolute Gasteiger partial charge is 0.357 e. The molecule has 1 N–H and O–H groups in total. The van der Waals surface area contributed by atoms with Crippen LogP contribution in [0.2, 0.25) is 0 Å². The van der Waals surface area contributed by atoms with Crippen LogP contribution in [0.1, 0.15) is 70.0 Å². The number of halogens is 1. The van der Waals surface area contributed by atoms with E-state index in [2.05, 4.69) is 27.3 Å². The third-order valence-corrected chi connectivity index (χ3v) is 5.62. The second-order valence-electron chi connectivity index (χ2n) is 7.66. The number of aromatic nitrogens is 2. The standard InChI is InChI=1S/C19H33N5O.HI/c1-3-20-18(21-13-9-17-22-16(2)23-25-17)24-14-8-12-19(15-24)10-6-4-5-7-11-19;/h3-15H2,1-2H3,(H,20,21);1H. The van der Waals surface area contributed by atoms with Crippen molar-refractivity contribution in [2.45, 2.75) is 71.6 Å². The summed E-state index contributed by atoms with van der Waals surface area (Å²) in [5.41, 5.74) is 0.522. The molecular weight excluding hydrogens is 441 g/mol. The maximum atomic E-state index is 5.19. The van der Waals surface area contributed by atoms with Crippen molar-refractivity contribution >= 4 is 29.9 Å². The smallest absolute Gasteiger partial charge is 0.228 e. The first kappa shape index (κ1) is 21.4. The van der Waals surface area contributed by atoms with Crippen molar-refractivity contribution in [2.24, 2.45) is 10.4 Å². The number of nitrogens with zero attached hydrogens (tertiary/aromatic N) is 4. The van der Waals surface area contributed by atoms with Crippen LogP contribution < -0.4 is 5.32 Å². The van der Waals surface area contributed by atoms with Gasteiger partial charge in [0.1, 0.15) is 0 Å². The number of nitrogens with one attached hydrogen (secondary N) is 1. The molecule has 0 radical (unpaired) electrons. The number of aryl methyl sites for hydroxylation is 1. The van der Waals surface area contributed by atoms with Crippen LogP contribution in [-0.4, -0.2) is 47.2 Å². The maximum Gasteiger partial charge on any atom is 0.228 e. The monoisotopic (exact) mass is 475 g/mol. The molecule has 1 aromatic rings. The minimum atomic E-state index is 0. The Morgan fingerprint density at radius 1 is 1.19 bits per heavy atom. The quantitative estimate of drug-likeness (QED) is 0.406. The van der Waals surface area contributed by atoms with E-state index in [0.29, 0.717) is 30.1 Å². The van der Waals surface area contributed by atoms with E-state index in [9.17, 15) is 0 Å². The summed E-state index contributed by atoms with van der Waals surface area (Å²) in [5, 5.41) is 7.34. The number of aliphatic imine (C=N–C) groups is 1. The second-order valence-corrected chi connectivity index (χ2v) is 7.66. The van der Waals surface area contributed by atoms with E-state index in [4.69, 9.17) is 9.52 Å². The Morgan fingerprint density at radius 2 is 1.92 bits per heavy atom. The van der Waals surface area contributed by atoms with Crippen LogP contribution in [0.25, 0.3) is 0 Å². The highest BCUT2D eigenvalue weighted by atomic mass is 127. The highest BCUT2D eigenvalue weighted by Crippen LogP contribution is 2.42. The zero-order chi connectivity index (χ0) is 17.5. The van der Waals surface area contributed by atoms with E-state index in [1.165, 1.54) is 57.9 Å². The molecule has 2 fully saturated rings. The Bertz CT molecular complexity index is 566.